The summed E-state index contributed by atoms with van der Waals surface area (Å²) in [7, 11) is 5.09. The molecular formula is C19H27F3N4O2. The van der Waals surface area contributed by atoms with E-state index in [9.17, 15) is 18.0 Å². The van der Waals surface area contributed by atoms with Crippen LogP contribution in [0.5, 0.6) is 0 Å². The summed E-state index contributed by atoms with van der Waals surface area (Å²) in [5, 5.41) is 3.21. The second kappa shape index (κ2) is 9.77. The van der Waals surface area contributed by atoms with Gasteiger partial charge in [-0.2, -0.15) is 13.2 Å². The molecule has 0 saturated carbocycles. The van der Waals surface area contributed by atoms with Crippen molar-refractivity contribution in [3.05, 3.63) is 35.4 Å². The molecule has 0 radical (unpaired) electrons. The monoisotopic (exact) mass is 400 g/mol. The minimum Gasteiger partial charge on any atom is -0.376 e. The van der Waals surface area contributed by atoms with E-state index < -0.39 is 11.7 Å². The first-order chi connectivity index (χ1) is 13.2. The smallest absolute Gasteiger partial charge is 0.376 e. The molecule has 1 aliphatic rings. The number of nitrogens with one attached hydrogen (secondary N) is 1. The number of alkyl halides is 3. The lowest BCUT2D eigenvalue weighted by Gasteiger charge is -2.24. The zero-order valence-electron chi connectivity index (χ0n) is 16.4. The van der Waals surface area contributed by atoms with Gasteiger partial charge in [-0.3, -0.25) is 4.79 Å². The number of hydrogen-bond acceptors (Lipinski definition) is 3. The Bertz CT molecular complexity index is 669. The Morgan fingerprint density at radius 1 is 1.25 bits per heavy atom. The summed E-state index contributed by atoms with van der Waals surface area (Å²) in [6.45, 7) is 1.63. The van der Waals surface area contributed by atoms with Crippen molar-refractivity contribution in [2.24, 2.45) is 4.99 Å². The minimum atomic E-state index is -4.35. The summed E-state index contributed by atoms with van der Waals surface area (Å²) in [5.41, 5.74) is 0.0296. The summed E-state index contributed by atoms with van der Waals surface area (Å²) in [6, 6.07) is 5.02. The molecule has 0 aliphatic carbocycles. The van der Waals surface area contributed by atoms with Crippen LogP contribution in [0.3, 0.4) is 0 Å². The van der Waals surface area contributed by atoms with Crippen molar-refractivity contribution in [3.63, 3.8) is 0 Å². The van der Waals surface area contributed by atoms with E-state index in [4.69, 9.17) is 4.74 Å². The van der Waals surface area contributed by atoms with Crippen molar-refractivity contribution < 1.29 is 22.7 Å². The fourth-order valence-corrected chi connectivity index (χ4v) is 2.75. The number of amides is 1. The van der Waals surface area contributed by atoms with Crippen LogP contribution in [0.15, 0.2) is 29.3 Å². The maximum Gasteiger partial charge on any atom is 0.416 e. The zero-order valence-corrected chi connectivity index (χ0v) is 16.4. The van der Waals surface area contributed by atoms with Crippen LogP contribution in [0.2, 0.25) is 0 Å². The molecule has 2 rings (SSSR count). The maximum atomic E-state index is 12.7. The Hall–Kier alpha value is -2.29. The molecular weight excluding hydrogens is 373 g/mol. The fraction of sp³-hybridized carbons (Fsp3) is 0.579. The number of ether oxygens (including phenoxy) is 1. The Balaban J connectivity index is 2.04. The topological polar surface area (TPSA) is 57.2 Å². The van der Waals surface area contributed by atoms with Gasteiger partial charge in [-0.15, -0.1) is 0 Å². The number of hydrogen-bond donors (Lipinski definition) is 1. The zero-order chi connectivity index (χ0) is 20.7. The third-order valence-electron chi connectivity index (χ3n) is 4.44. The normalized spacial score (nSPS) is 17.5. The highest BCUT2D eigenvalue weighted by Gasteiger charge is 2.30. The van der Waals surface area contributed by atoms with E-state index in [-0.39, 0.29) is 18.6 Å². The predicted molar refractivity (Wildman–Crippen MR) is 101 cm³/mol. The van der Waals surface area contributed by atoms with Gasteiger partial charge >= 0.3 is 6.18 Å². The lowest BCUT2D eigenvalue weighted by molar-refractivity contribution is -0.137. The van der Waals surface area contributed by atoms with Crippen LogP contribution in [0.4, 0.5) is 13.2 Å². The van der Waals surface area contributed by atoms with Crippen LogP contribution < -0.4 is 5.32 Å². The average molecular weight is 400 g/mol. The van der Waals surface area contributed by atoms with Crippen molar-refractivity contribution >= 4 is 11.9 Å². The Labute approximate surface area is 163 Å². The van der Waals surface area contributed by atoms with Crippen LogP contribution in [-0.4, -0.2) is 68.6 Å². The molecule has 1 aromatic carbocycles. The van der Waals surface area contributed by atoms with Crippen molar-refractivity contribution in [3.8, 4) is 0 Å². The third kappa shape index (κ3) is 6.70. The molecule has 156 valence electrons. The number of guanidine groups is 1. The Kier molecular flexibility index (Phi) is 7.68. The van der Waals surface area contributed by atoms with Gasteiger partial charge in [0, 0.05) is 40.8 Å². The molecule has 9 heteroatoms. The molecule has 0 aromatic heterocycles. The van der Waals surface area contributed by atoms with Gasteiger partial charge in [0.1, 0.15) is 6.54 Å². The molecule has 1 N–H and O–H groups in total. The lowest BCUT2D eigenvalue weighted by atomic mass is 10.1. The van der Waals surface area contributed by atoms with Crippen LogP contribution in [0, 0.1) is 0 Å². The molecule has 1 aliphatic heterocycles. The van der Waals surface area contributed by atoms with Gasteiger partial charge in [-0.1, -0.05) is 12.1 Å². The molecule has 1 fully saturated rings. The molecule has 28 heavy (non-hydrogen) atoms. The van der Waals surface area contributed by atoms with Crippen LogP contribution >= 0.6 is 0 Å². The van der Waals surface area contributed by atoms with Crippen molar-refractivity contribution in [1.82, 2.24) is 15.1 Å². The third-order valence-corrected chi connectivity index (χ3v) is 4.44. The number of carbonyl (C=O) groups is 1. The molecule has 0 spiro atoms. The summed E-state index contributed by atoms with van der Waals surface area (Å²) >= 11 is 0. The van der Waals surface area contributed by atoms with Crippen molar-refractivity contribution in [1.29, 1.82) is 0 Å². The fourth-order valence-electron chi connectivity index (χ4n) is 2.75. The highest BCUT2D eigenvalue weighted by atomic mass is 19.4. The van der Waals surface area contributed by atoms with Gasteiger partial charge in [0.25, 0.3) is 0 Å². The van der Waals surface area contributed by atoms with Gasteiger partial charge in [0.2, 0.25) is 5.91 Å². The van der Waals surface area contributed by atoms with E-state index in [1.165, 1.54) is 17.0 Å². The molecule has 0 bridgehead atoms. The van der Waals surface area contributed by atoms with E-state index >= 15 is 0 Å². The number of benzene rings is 1. The van der Waals surface area contributed by atoms with E-state index in [1.807, 2.05) is 0 Å². The van der Waals surface area contributed by atoms with Crippen molar-refractivity contribution in [2.75, 3.05) is 40.8 Å². The number of carbonyl (C=O) groups excluding carboxylic acids is 1. The van der Waals surface area contributed by atoms with Crippen LogP contribution in [-0.2, 0) is 22.3 Å². The quantitative estimate of drug-likeness (QED) is 0.588. The summed E-state index contributed by atoms with van der Waals surface area (Å²) in [5.74, 6) is 0.366. The number of rotatable bonds is 6. The first kappa shape index (κ1) is 22.0. The molecule has 6 nitrogen and oxygen atoms in total. The molecule has 1 heterocycles. The minimum absolute atomic E-state index is 0.0157. The van der Waals surface area contributed by atoms with Gasteiger partial charge in [-0.05, 0) is 30.5 Å². The molecule has 1 unspecified atom stereocenters. The molecule has 1 atom stereocenters. The van der Waals surface area contributed by atoms with E-state index in [2.05, 4.69) is 10.3 Å². The summed E-state index contributed by atoms with van der Waals surface area (Å²) < 4.78 is 43.7. The second-order valence-corrected chi connectivity index (χ2v) is 6.99. The largest absolute Gasteiger partial charge is 0.416 e. The maximum absolute atomic E-state index is 12.7. The first-order valence-electron chi connectivity index (χ1n) is 9.14. The summed E-state index contributed by atoms with van der Waals surface area (Å²) in [6.07, 6.45) is -2.29. The van der Waals surface area contributed by atoms with E-state index in [0.29, 0.717) is 24.6 Å². The summed E-state index contributed by atoms with van der Waals surface area (Å²) in [4.78, 5) is 19.5. The van der Waals surface area contributed by atoms with Crippen LogP contribution in [0.25, 0.3) is 0 Å². The van der Waals surface area contributed by atoms with Gasteiger partial charge < -0.3 is 19.9 Å². The first-order valence-corrected chi connectivity index (χ1v) is 9.14. The molecule has 1 aromatic rings. The number of nitrogens with zero attached hydrogens (tertiary/aromatic N) is 3. The molecule has 1 amide bonds. The standard InChI is InChI=1S/C19H27F3N4O2/c1-25(2)17(27)12-24-18(23-11-16-5-4-10-28-16)26(3)13-14-6-8-15(9-7-14)19(20,21)22/h6-9,16H,4-5,10-13H2,1-3H3,(H,23,24). The van der Waals surface area contributed by atoms with E-state index in [1.54, 1.807) is 26.0 Å². The Morgan fingerprint density at radius 2 is 1.93 bits per heavy atom. The average Bonchev–Trinajstić information content (AvgIpc) is 3.14. The molecule has 1 saturated heterocycles. The van der Waals surface area contributed by atoms with Gasteiger partial charge in [-0.25, -0.2) is 4.99 Å². The van der Waals surface area contributed by atoms with Gasteiger partial charge in [0.05, 0.1) is 11.7 Å². The Morgan fingerprint density at radius 3 is 2.46 bits per heavy atom. The second-order valence-electron chi connectivity index (χ2n) is 6.99. The highest BCUT2D eigenvalue weighted by molar-refractivity contribution is 5.84. The van der Waals surface area contributed by atoms with Crippen LogP contribution in [0.1, 0.15) is 24.0 Å². The number of halogens is 3. The van der Waals surface area contributed by atoms with Gasteiger partial charge in [0.15, 0.2) is 5.96 Å². The number of likely N-dealkylation sites (N-methyl/N-ethyl adjacent to an activating group) is 1. The SMILES string of the molecule is CN(C)C(=O)CN=C(NCC1CCCO1)N(C)Cc1ccc(C(F)(F)F)cc1. The predicted octanol–water partition coefficient (Wildman–Crippen LogP) is 2.35. The van der Waals surface area contributed by atoms with Crippen molar-refractivity contribution in [2.45, 2.75) is 31.7 Å². The lowest BCUT2D eigenvalue weighted by Crippen LogP contribution is -2.42. The number of aliphatic imine (C=N–C) groups is 1. The van der Waals surface area contributed by atoms with E-state index in [0.717, 1.165) is 31.6 Å². The highest BCUT2D eigenvalue weighted by Crippen LogP contribution is 2.29.